The zero-order valence-corrected chi connectivity index (χ0v) is 13.3. The molecule has 5 nitrogen and oxygen atoms in total. The van der Waals surface area contributed by atoms with Gasteiger partial charge in [0.15, 0.2) is 0 Å². The van der Waals surface area contributed by atoms with E-state index in [4.69, 9.17) is 0 Å². The molecule has 112 valence electrons. The van der Waals surface area contributed by atoms with Crippen molar-refractivity contribution in [2.45, 2.75) is 33.2 Å². The monoisotopic (exact) mass is 278 g/mol. The van der Waals surface area contributed by atoms with Gasteiger partial charge in [-0.05, 0) is 34.7 Å². The highest BCUT2D eigenvalue weighted by molar-refractivity contribution is 5.97. The summed E-state index contributed by atoms with van der Waals surface area (Å²) in [5, 5.41) is 9.29. The predicted octanol–water partition coefficient (Wildman–Crippen LogP) is 1.29. The minimum Gasteiger partial charge on any atom is -0.372 e. The van der Waals surface area contributed by atoms with Gasteiger partial charge >= 0.3 is 0 Å². The Balaban J connectivity index is 2.84. The molecule has 0 spiro atoms. The standard InChI is InChI=1S/C15H26N4O/c1-6-19(15(2,3)4)12-13(11-16)14(20)18-9-7-17(5)8-10-18/h12H,6-10H2,1-5H3/b13-12-. The van der Waals surface area contributed by atoms with E-state index >= 15 is 0 Å². The molecule has 0 radical (unpaired) electrons. The Hall–Kier alpha value is -1.54. The smallest absolute Gasteiger partial charge is 0.266 e. The predicted molar refractivity (Wildman–Crippen MR) is 79.9 cm³/mol. The highest BCUT2D eigenvalue weighted by Crippen LogP contribution is 2.16. The molecule has 20 heavy (non-hydrogen) atoms. The molecule has 0 aromatic carbocycles. The highest BCUT2D eigenvalue weighted by atomic mass is 16.2. The summed E-state index contributed by atoms with van der Waals surface area (Å²) in [5.41, 5.74) is 0.130. The quantitative estimate of drug-likeness (QED) is 0.576. The van der Waals surface area contributed by atoms with Crippen LogP contribution >= 0.6 is 0 Å². The summed E-state index contributed by atoms with van der Waals surface area (Å²) in [7, 11) is 2.04. The molecule has 1 amide bonds. The van der Waals surface area contributed by atoms with Gasteiger partial charge in [0.05, 0.1) is 0 Å². The number of nitriles is 1. The zero-order chi connectivity index (χ0) is 15.3. The molecule has 0 bridgehead atoms. The number of hydrogen-bond acceptors (Lipinski definition) is 4. The first-order valence-electron chi connectivity index (χ1n) is 7.16. The summed E-state index contributed by atoms with van der Waals surface area (Å²) in [4.78, 5) is 18.4. The number of piperazine rings is 1. The lowest BCUT2D eigenvalue weighted by Crippen LogP contribution is -2.48. The minimum atomic E-state index is -0.150. The second-order valence-corrected chi connectivity index (χ2v) is 6.21. The molecule has 0 aromatic heterocycles. The van der Waals surface area contributed by atoms with Crippen LogP contribution in [0.2, 0.25) is 0 Å². The first-order chi connectivity index (χ1) is 9.29. The van der Waals surface area contributed by atoms with Gasteiger partial charge < -0.3 is 14.7 Å². The number of likely N-dealkylation sites (N-methyl/N-ethyl adjacent to an activating group) is 1. The lowest BCUT2D eigenvalue weighted by Gasteiger charge is -2.35. The Morgan fingerprint density at radius 3 is 2.25 bits per heavy atom. The van der Waals surface area contributed by atoms with Gasteiger partial charge in [-0.3, -0.25) is 4.79 Å². The van der Waals surface area contributed by atoms with Crippen molar-refractivity contribution >= 4 is 5.91 Å². The van der Waals surface area contributed by atoms with E-state index in [0.717, 1.165) is 19.6 Å². The summed E-state index contributed by atoms with van der Waals surface area (Å²) in [6.45, 7) is 12.1. The molecule has 5 heteroatoms. The van der Waals surface area contributed by atoms with Gasteiger partial charge in [-0.25, -0.2) is 0 Å². The molecule has 1 aliphatic heterocycles. The first kappa shape index (κ1) is 16.5. The van der Waals surface area contributed by atoms with E-state index in [2.05, 4.69) is 31.7 Å². The van der Waals surface area contributed by atoms with Gasteiger partial charge in [0.2, 0.25) is 0 Å². The molecule has 0 aliphatic carbocycles. The molecule has 0 N–H and O–H groups in total. The molecule has 1 rings (SSSR count). The minimum absolute atomic E-state index is 0.0980. The van der Waals surface area contributed by atoms with E-state index in [9.17, 15) is 10.1 Å². The summed E-state index contributed by atoms with van der Waals surface area (Å²) in [5.74, 6) is -0.150. The molecular formula is C15H26N4O. The van der Waals surface area contributed by atoms with Crippen LogP contribution in [-0.4, -0.2) is 65.9 Å². The number of rotatable bonds is 3. The topological polar surface area (TPSA) is 50.6 Å². The third-order valence-corrected chi connectivity index (χ3v) is 3.63. The van der Waals surface area contributed by atoms with E-state index in [1.807, 2.05) is 18.9 Å². The van der Waals surface area contributed by atoms with Crippen LogP contribution < -0.4 is 0 Å². The van der Waals surface area contributed by atoms with Crippen LogP contribution in [0.25, 0.3) is 0 Å². The van der Waals surface area contributed by atoms with Gasteiger partial charge in [0, 0.05) is 44.5 Å². The molecule has 0 aromatic rings. The molecular weight excluding hydrogens is 252 g/mol. The van der Waals surface area contributed by atoms with E-state index < -0.39 is 0 Å². The summed E-state index contributed by atoms with van der Waals surface area (Å²) in [6.07, 6.45) is 1.71. The number of nitrogens with zero attached hydrogens (tertiary/aromatic N) is 4. The highest BCUT2D eigenvalue weighted by Gasteiger charge is 2.24. The number of carbonyl (C=O) groups is 1. The molecule has 0 unspecified atom stereocenters. The normalized spacial score (nSPS) is 17.8. The van der Waals surface area contributed by atoms with E-state index in [-0.39, 0.29) is 17.0 Å². The molecule has 1 heterocycles. The SMILES string of the molecule is CCN(/C=C(/C#N)C(=O)N1CCN(C)CC1)C(C)(C)C. The maximum Gasteiger partial charge on any atom is 0.266 e. The van der Waals surface area contributed by atoms with E-state index in [0.29, 0.717) is 13.1 Å². The fraction of sp³-hybridized carbons (Fsp3) is 0.733. The van der Waals surface area contributed by atoms with Crippen LogP contribution in [0.3, 0.4) is 0 Å². The van der Waals surface area contributed by atoms with Crippen molar-refractivity contribution in [2.24, 2.45) is 0 Å². The third kappa shape index (κ3) is 4.24. The van der Waals surface area contributed by atoms with Crippen LogP contribution in [0.15, 0.2) is 11.8 Å². The average molecular weight is 278 g/mol. The average Bonchev–Trinajstić information content (AvgIpc) is 2.38. The summed E-state index contributed by atoms with van der Waals surface area (Å²) >= 11 is 0. The molecule has 1 aliphatic rings. The first-order valence-corrected chi connectivity index (χ1v) is 7.16. The Morgan fingerprint density at radius 1 is 1.30 bits per heavy atom. The van der Waals surface area contributed by atoms with Gasteiger partial charge in [-0.15, -0.1) is 0 Å². The fourth-order valence-electron chi connectivity index (χ4n) is 2.23. The zero-order valence-electron chi connectivity index (χ0n) is 13.3. The van der Waals surface area contributed by atoms with Gasteiger partial charge in [-0.1, -0.05) is 0 Å². The van der Waals surface area contributed by atoms with Crippen LogP contribution in [0.5, 0.6) is 0 Å². The van der Waals surface area contributed by atoms with E-state index in [1.165, 1.54) is 0 Å². The molecule has 1 fully saturated rings. The number of amides is 1. The Kier molecular flexibility index (Phi) is 5.58. The second kappa shape index (κ2) is 6.76. The van der Waals surface area contributed by atoms with Crippen molar-refractivity contribution in [3.63, 3.8) is 0 Å². The number of carbonyl (C=O) groups excluding carboxylic acids is 1. The van der Waals surface area contributed by atoms with Crippen LogP contribution in [0.4, 0.5) is 0 Å². The Morgan fingerprint density at radius 2 is 1.85 bits per heavy atom. The van der Waals surface area contributed by atoms with Crippen LogP contribution in [0.1, 0.15) is 27.7 Å². The van der Waals surface area contributed by atoms with Crippen molar-refractivity contribution in [3.8, 4) is 6.07 Å². The van der Waals surface area contributed by atoms with E-state index in [1.54, 1.807) is 11.1 Å². The van der Waals surface area contributed by atoms with Gasteiger partial charge in [0.1, 0.15) is 11.6 Å². The fourth-order valence-corrected chi connectivity index (χ4v) is 2.23. The lowest BCUT2D eigenvalue weighted by atomic mass is 10.1. The lowest BCUT2D eigenvalue weighted by molar-refractivity contribution is -0.128. The Bertz CT molecular complexity index is 409. The largest absolute Gasteiger partial charge is 0.372 e. The summed E-state index contributed by atoms with van der Waals surface area (Å²) in [6, 6.07) is 2.06. The second-order valence-electron chi connectivity index (χ2n) is 6.21. The van der Waals surface area contributed by atoms with Crippen molar-refractivity contribution in [3.05, 3.63) is 11.8 Å². The van der Waals surface area contributed by atoms with Gasteiger partial charge in [-0.2, -0.15) is 5.26 Å². The Labute approximate surface area is 122 Å². The molecule has 0 saturated carbocycles. The van der Waals surface area contributed by atoms with Crippen molar-refractivity contribution in [1.82, 2.24) is 14.7 Å². The van der Waals surface area contributed by atoms with Gasteiger partial charge in [0.25, 0.3) is 5.91 Å². The molecule has 1 saturated heterocycles. The van der Waals surface area contributed by atoms with Crippen LogP contribution in [-0.2, 0) is 4.79 Å². The number of hydrogen-bond donors (Lipinski definition) is 0. The maximum atomic E-state index is 12.4. The third-order valence-electron chi connectivity index (χ3n) is 3.63. The van der Waals surface area contributed by atoms with Crippen molar-refractivity contribution in [1.29, 1.82) is 5.26 Å². The maximum absolute atomic E-state index is 12.4. The molecule has 0 atom stereocenters. The summed E-state index contributed by atoms with van der Waals surface area (Å²) < 4.78 is 0. The van der Waals surface area contributed by atoms with Crippen molar-refractivity contribution < 1.29 is 4.79 Å². The van der Waals surface area contributed by atoms with Crippen molar-refractivity contribution in [2.75, 3.05) is 39.8 Å². The van der Waals surface area contributed by atoms with Crippen LogP contribution in [0, 0.1) is 11.3 Å².